The molecule has 0 unspecified atom stereocenters. The Hall–Kier alpha value is -2.25. The summed E-state index contributed by atoms with van der Waals surface area (Å²) in [7, 11) is 0. The van der Waals surface area contributed by atoms with Crippen molar-refractivity contribution in [3.8, 4) is 17.2 Å². The van der Waals surface area contributed by atoms with Crippen molar-refractivity contribution in [2.45, 2.75) is 13.0 Å². The van der Waals surface area contributed by atoms with E-state index in [4.69, 9.17) is 5.26 Å². The van der Waals surface area contributed by atoms with E-state index in [-0.39, 0.29) is 12.2 Å². The highest BCUT2D eigenvalue weighted by Crippen LogP contribution is 2.29. The summed E-state index contributed by atoms with van der Waals surface area (Å²) in [6.45, 7) is -0.223. The second-order valence-electron chi connectivity index (χ2n) is 4.06. The summed E-state index contributed by atoms with van der Waals surface area (Å²) >= 11 is 0. The smallest absolute Gasteiger partial charge is 0.263 e. The van der Waals surface area contributed by atoms with E-state index in [0.717, 1.165) is 0 Å². The first kappa shape index (κ1) is 13.2. The Labute approximate surface area is 109 Å². The molecule has 0 bridgehead atoms. The fraction of sp³-hybridized carbons (Fsp3) is 0.133. The van der Waals surface area contributed by atoms with Crippen LogP contribution < -0.4 is 0 Å². The molecule has 0 atom stereocenters. The van der Waals surface area contributed by atoms with Crippen LogP contribution in [0, 0.1) is 11.3 Å². The molecule has 2 rings (SSSR count). The Morgan fingerprint density at radius 1 is 1.11 bits per heavy atom. The Morgan fingerprint density at radius 2 is 1.79 bits per heavy atom. The molecule has 0 saturated carbocycles. The first-order valence-electron chi connectivity index (χ1n) is 5.68. The average Bonchev–Trinajstić information content (AvgIpc) is 2.46. The molecule has 19 heavy (non-hydrogen) atoms. The van der Waals surface area contributed by atoms with Crippen LogP contribution >= 0.6 is 0 Å². The fourth-order valence-corrected chi connectivity index (χ4v) is 1.86. The molecule has 0 saturated heterocycles. The zero-order valence-electron chi connectivity index (χ0n) is 9.98. The molecule has 1 N–H and O–H groups in total. The molecule has 2 nitrogen and oxygen atoms in total. The third-order valence-corrected chi connectivity index (χ3v) is 2.88. The molecule has 4 heteroatoms. The van der Waals surface area contributed by atoms with Crippen molar-refractivity contribution in [1.29, 1.82) is 5.26 Å². The number of aliphatic hydroxyl groups is 1. The van der Waals surface area contributed by atoms with Crippen LogP contribution in [0.1, 0.15) is 23.1 Å². The fourth-order valence-electron chi connectivity index (χ4n) is 1.86. The van der Waals surface area contributed by atoms with Crippen LogP contribution in [0.2, 0.25) is 0 Å². The zero-order chi connectivity index (χ0) is 13.8. The van der Waals surface area contributed by atoms with Crippen molar-refractivity contribution in [2.24, 2.45) is 0 Å². The van der Waals surface area contributed by atoms with Crippen LogP contribution in [-0.4, -0.2) is 5.11 Å². The van der Waals surface area contributed by atoms with Crippen molar-refractivity contribution >= 4 is 0 Å². The molecule has 0 amide bonds. The predicted molar refractivity (Wildman–Crippen MR) is 67.5 cm³/mol. The van der Waals surface area contributed by atoms with E-state index in [9.17, 15) is 13.9 Å². The van der Waals surface area contributed by atoms with Gasteiger partial charge in [0.2, 0.25) is 0 Å². The molecular formula is C15H11F2NO. The summed E-state index contributed by atoms with van der Waals surface area (Å²) in [5.41, 5.74) is 2.25. The average molecular weight is 259 g/mol. The Bertz CT molecular complexity index is 615. The Balaban J connectivity index is 2.52. The lowest BCUT2D eigenvalue weighted by Gasteiger charge is -2.10. The first-order valence-corrected chi connectivity index (χ1v) is 5.68. The number of aliphatic hydroxyl groups excluding tert-OH is 1. The van der Waals surface area contributed by atoms with Crippen LogP contribution in [0.3, 0.4) is 0 Å². The molecule has 96 valence electrons. The van der Waals surface area contributed by atoms with Crippen molar-refractivity contribution in [1.82, 2.24) is 0 Å². The van der Waals surface area contributed by atoms with Crippen LogP contribution in [0.25, 0.3) is 11.1 Å². The maximum atomic E-state index is 12.7. The number of hydrogen-bond acceptors (Lipinski definition) is 2. The van der Waals surface area contributed by atoms with Gasteiger partial charge in [-0.15, -0.1) is 0 Å². The minimum absolute atomic E-state index is 0.0865. The molecule has 0 aromatic heterocycles. The normalized spacial score (nSPS) is 10.5. The summed E-state index contributed by atoms with van der Waals surface area (Å²) in [6.07, 6.45) is -2.55. The highest BCUT2D eigenvalue weighted by Gasteiger charge is 2.11. The van der Waals surface area contributed by atoms with Crippen LogP contribution in [-0.2, 0) is 6.61 Å². The maximum absolute atomic E-state index is 12.7. The quantitative estimate of drug-likeness (QED) is 0.914. The van der Waals surface area contributed by atoms with Crippen molar-refractivity contribution < 1.29 is 13.9 Å². The van der Waals surface area contributed by atoms with Gasteiger partial charge in [-0.25, -0.2) is 8.78 Å². The zero-order valence-corrected chi connectivity index (χ0v) is 9.98. The molecule has 0 spiro atoms. The van der Waals surface area contributed by atoms with Gasteiger partial charge in [-0.1, -0.05) is 24.3 Å². The predicted octanol–water partition coefficient (Wildman–Crippen LogP) is 3.66. The van der Waals surface area contributed by atoms with Crippen LogP contribution in [0.4, 0.5) is 8.78 Å². The Morgan fingerprint density at radius 3 is 2.32 bits per heavy atom. The second kappa shape index (κ2) is 5.59. The van der Waals surface area contributed by atoms with Gasteiger partial charge in [0.05, 0.1) is 18.2 Å². The summed E-state index contributed by atoms with van der Waals surface area (Å²) in [5, 5.41) is 18.0. The SMILES string of the molecule is N#Cc1ccc(-c2cc(C(F)F)ccc2CO)cc1. The number of alkyl halides is 2. The van der Waals surface area contributed by atoms with E-state index < -0.39 is 6.43 Å². The highest BCUT2D eigenvalue weighted by molar-refractivity contribution is 5.68. The summed E-state index contributed by atoms with van der Waals surface area (Å²) in [4.78, 5) is 0. The minimum Gasteiger partial charge on any atom is -0.392 e. The molecular weight excluding hydrogens is 248 g/mol. The number of nitrogens with zero attached hydrogens (tertiary/aromatic N) is 1. The van der Waals surface area contributed by atoms with Crippen LogP contribution in [0.5, 0.6) is 0 Å². The van der Waals surface area contributed by atoms with E-state index in [2.05, 4.69) is 0 Å². The van der Waals surface area contributed by atoms with E-state index in [1.165, 1.54) is 18.2 Å². The van der Waals surface area contributed by atoms with Gasteiger partial charge in [0.25, 0.3) is 6.43 Å². The molecule has 0 aliphatic rings. The second-order valence-corrected chi connectivity index (χ2v) is 4.06. The molecule has 0 heterocycles. The Kier molecular flexibility index (Phi) is 3.88. The van der Waals surface area contributed by atoms with Crippen LogP contribution in [0.15, 0.2) is 42.5 Å². The van der Waals surface area contributed by atoms with Gasteiger partial charge in [0.1, 0.15) is 0 Å². The minimum atomic E-state index is -2.55. The number of benzene rings is 2. The van der Waals surface area contributed by atoms with E-state index in [0.29, 0.717) is 22.3 Å². The number of rotatable bonds is 3. The topological polar surface area (TPSA) is 44.0 Å². The molecule has 0 radical (unpaired) electrons. The van der Waals surface area contributed by atoms with Crippen molar-refractivity contribution in [2.75, 3.05) is 0 Å². The summed E-state index contributed by atoms with van der Waals surface area (Å²) in [5.74, 6) is 0. The van der Waals surface area contributed by atoms with Gasteiger partial charge >= 0.3 is 0 Å². The van der Waals surface area contributed by atoms with Gasteiger partial charge in [0, 0.05) is 5.56 Å². The van der Waals surface area contributed by atoms with E-state index in [1.54, 1.807) is 24.3 Å². The van der Waals surface area contributed by atoms with Crippen molar-refractivity contribution in [3.63, 3.8) is 0 Å². The lowest BCUT2D eigenvalue weighted by atomic mass is 9.97. The third-order valence-electron chi connectivity index (χ3n) is 2.88. The van der Waals surface area contributed by atoms with Gasteiger partial charge in [-0.05, 0) is 34.9 Å². The maximum Gasteiger partial charge on any atom is 0.263 e. The highest BCUT2D eigenvalue weighted by atomic mass is 19.3. The van der Waals surface area contributed by atoms with Crippen molar-refractivity contribution in [3.05, 3.63) is 59.2 Å². The third kappa shape index (κ3) is 2.78. The monoisotopic (exact) mass is 259 g/mol. The summed E-state index contributed by atoms with van der Waals surface area (Å²) in [6, 6.07) is 12.8. The molecule has 2 aromatic carbocycles. The molecule has 0 aliphatic heterocycles. The lowest BCUT2D eigenvalue weighted by Crippen LogP contribution is -1.93. The lowest BCUT2D eigenvalue weighted by molar-refractivity contribution is 0.151. The standard InChI is InChI=1S/C15H11F2NO/c16-15(17)12-5-6-13(9-19)14(7-12)11-3-1-10(8-18)2-4-11/h1-7,15,19H,9H2. The number of hydrogen-bond donors (Lipinski definition) is 1. The van der Waals surface area contributed by atoms with E-state index >= 15 is 0 Å². The van der Waals surface area contributed by atoms with Gasteiger partial charge < -0.3 is 5.11 Å². The van der Waals surface area contributed by atoms with Gasteiger partial charge in [0.15, 0.2) is 0 Å². The first-order chi connectivity index (χ1) is 9.15. The van der Waals surface area contributed by atoms with Gasteiger partial charge in [-0.2, -0.15) is 5.26 Å². The summed E-state index contributed by atoms with van der Waals surface area (Å²) < 4.78 is 25.4. The number of nitriles is 1. The molecule has 0 fully saturated rings. The number of halogens is 2. The molecule has 0 aliphatic carbocycles. The molecule has 2 aromatic rings. The largest absolute Gasteiger partial charge is 0.392 e. The van der Waals surface area contributed by atoms with E-state index in [1.807, 2.05) is 6.07 Å². The van der Waals surface area contributed by atoms with Gasteiger partial charge in [-0.3, -0.25) is 0 Å².